The minimum atomic E-state index is -4.91. The van der Waals surface area contributed by atoms with Gasteiger partial charge in [-0.3, -0.25) is 4.79 Å². The van der Waals surface area contributed by atoms with Gasteiger partial charge in [-0.1, -0.05) is 6.08 Å². The van der Waals surface area contributed by atoms with E-state index >= 15 is 0 Å². The van der Waals surface area contributed by atoms with Crippen molar-refractivity contribution in [2.24, 2.45) is 4.40 Å². The van der Waals surface area contributed by atoms with Crippen molar-refractivity contribution >= 4 is 21.8 Å². The Morgan fingerprint density at radius 1 is 1.17 bits per heavy atom. The van der Waals surface area contributed by atoms with Crippen LogP contribution in [-0.4, -0.2) is 55.6 Å². The molecule has 1 amide bonds. The molecule has 156 valence electrons. The molecular weight excluding hydrogens is 422 g/mol. The molecule has 3 aliphatic heterocycles. The van der Waals surface area contributed by atoms with Crippen molar-refractivity contribution in [2.45, 2.75) is 24.7 Å². The van der Waals surface area contributed by atoms with Crippen LogP contribution in [0.15, 0.2) is 34.9 Å². The van der Waals surface area contributed by atoms with Gasteiger partial charge in [-0.15, -0.1) is 4.40 Å². The molecule has 1 atom stereocenters. The first-order valence-corrected chi connectivity index (χ1v) is 9.93. The molecule has 0 aromatic heterocycles. The fourth-order valence-electron chi connectivity index (χ4n) is 2.99. The van der Waals surface area contributed by atoms with E-state index in [4.69, 9.17) is 0 Å². The molecule has 0 saturated carbocycles. The first-order valence-electron chi connectivity index (χ1n) is 8.32. The van der Waals surface area contributed by atoms with E-state index in [1.54, 1.807) is 17.2 Å². The fraction of sp³-hybridized carbons (Fsp3) is 0.375. The summed E-state index contributed by atoms with van der Waals surface area (Å²) in [5, 5.41) is 2.56. The van der Waals surface area contributed by atoms with Crippen LogP contribution >= 0.6 is 0 Å². The van der Waals surface area contributed by atoms with Gasteiger partial charge in [-0.05, 0) is 24.6 Å². The molecule has 3 aliphatic rings. The lowest BCUT2D eigenvalue weighted by Crippen LogP contribution is -2.52. The zero-order valence-electron chi connectivity index (χ0n) is 14.4. The highest BCUT2D eigenvalue weighted by atomic mass is 32.2. The van der Waals surface area contributed by atoms with Crippen molar-refractivity contribution in [3.8, 4) is 11.5 Å². The van der Waals surface area contributed by atoms with Crippen LogP contribution < -0.4 is 14.8 Å². The number of sulfonamides is 1. The van der Waals surface area contributed by atoms with E-state index in [9.17, 15) is 30.8 Å². The molecule has 1 unspecified atom stereocenters. The predicted molar refractivity (Wildman–Crippen MR) is 90.5 cm³/mol. The largest absolute Gasteiger partial charge is 0.507 e. The van der Waals surface area contributed by atoms with Gasteiger partial charge < -0.3 is 19.7 Å². The number of amidine groups is 1. The first kappa shape index (κ1) is 19.5. The van der Waals surface area contributed by atoms with Crippen LogP contribution in [0.1, 0.15) is 16.8 Å². The summed E-state index contributed by atoms with van der Waals surface area (Å²) in [5.41, 5.74) is -0.172. The van der Waals surface area contributed by atoms with Gasteiger partial charge in [0.05, 0.1) is 11.8 Å². The van der Waals surface area contributed by atoms with E-state index in [2.05, 4.69) is 19.2 Å². The van der Waals surface area contributed by atoms with Crippen molar-refractivity contribution in [3.05, 3.63) is 36.0 Å². The highest BCUT2D eigenvalue weighted by Crippen LogP contribution is 2.47. The number of hydrogen-bond acceptors (Lipinski definition) is 6. The number of carbonyl (C=O) groups is 1. The van der Waals surface area contributed by atoms with Crippen LogP contribution in [0, 0.1) is 0 Å². The van der Waals surface area contributed by atoms with Crippen LogP contribution in [-0.2, 0) is 10.0 Å². The van der Waals surface area contributed by atoms with Gasteiger partial charge in [0.15, 0.2) is 11.5 Å². The zero-order chi connectivity index (χ0) is 21.0. The van der Waals surface area contributed by atoms with Crippen molar-refractivity contribution in [1.82, 2.24) is 10.2 Å². The number of carbonyl (C=O) groups excluding carboxylic acids is 1. The van der Waals surface area contributed by atoms with Gasteiger partial charge >= 0.3 is 12.2 Å². The summed E-state index contributed by atoms with van der Waals surface area (Å²) in [5.74, 6) is -2.16. The number of alkyl halides is 4. The van der Waals surface area contributed by atoms with E-state index in [0.717, 1.165) is 18.2 Å². The van der Waals surface area contributed by atoms with Crippen molar-refractivity contribution in [2.75, 3.05) is 12.3 Å². The first-order chi connectivity index (χ1) is 13.5. The van der Waals surface area contributed by atoms with E-state index in [1.165, 1.54) is 0 Å². The molecule has 0 saturated heterocycles. The predicted octanol–water partition coefficient (Wildman–Crippen LogP) is 1.70. The molecule has 0 bridgehead atoms. The fourth-order valence-corrected chi connectivity index (χ4v) is 4.02. The van der Waals surface area contributed by atoms with Crippen LogP contribution in [0.5, 0.6) is 11.5 Å². The molecule has 1 aromatic carbocycles. The van der Waals surface area contributed by atoms with Gasteiger partial charge in [-0.25, -0.2) is 8.42 Å². The summed E-state index contributed by atoms with van der Waals surface area (Å²) in [7, 11) is -3.65. The number of fused-ring (bicyclic) bond motifs is 2. The molecule has 1 N–H and O–H groups in total. The van der Waals surface area contributed by atoms with Crippen molar-refractivity contribution in [1.29, 1.82) is 0 Å². The molecule has 0 aliphatic carbocycles. The number of amides is 1. The number of nitrogens with one attached hydrogen (secondary N) is 1. The molecule has 4 rings (SSSR count). The molecule has 0 fully saturated rings. The molecule has 1 aromatic rings. The van der Waals surface area contributed by atoms with E-state index in [1.807, 2.05) is 0 Å². The molecule has 13 heteroatoms. The van der Waals surface area contributed by atoms with Crippen molar-refractivity contribution < 1.29 is 40.2 Å². The maximum atomic E-state index is 13.3. The monoisotopic (exact) mass is 435 g/mol. The quantitative estimate of drug-likeness (QED) is 0.711. The number of rotatable bonds is 2. The van der Waals surface area contributed by atoms with Crippen molar-refractivity contribution in [3.63, 3.8) is 0 Å². The Morgan fingerprint density at radius 2 is 1.86 bits per heavy atom. The van der Waals surface area contributed by atoms with E-state index in [-0.39, 0.29) is 30.1 Å². The molecule has 8 nitrogen and oxygen atoms in total. The Balaban J connectivity index is 1.57. The third-order valence-electron chi connectivity index (χ3n) is 4.41. The Morgan fingerprint density at radius 3 is 2.59 bits per heavy atom. The number of halogens is 4. The second-order valence-corrected chi connectivity index (χ2v) is 8.23. The zero-order valence-corrected chi connectivity index (χ0v) is 15.3. The molecule has 0 spiro atoms. The number of ether oxygens (including phenoxy) is 2. The SMILES string of the molecule is O=C(NC1CC=CN2CCS(=O)(=O)N=C12)c1ccc2c(c1)OC(F)(F)C(F)(F)O2. The standard InChI is InChI=1S/C16H13F4N3O5S/c17-15(18)16(19,20)28-12-8-9(3-4-11(12)27-15)14(24)21-10-2-1-5-23-6-7-29(25,26)22-13(10)23/h1,3-5,8,10H,2,6-7H2,(H,21,24). The minimum Gasteiger partial charge on any atom is -0.421 e. The Bertz CT molecular complexity index is 1040. The Hall–Kier alpha value is -2.83. The third kappa shape index (κ3) is 3.50. The van der Waals surface area contributed by atoms with E-state index in [0.29, 0.717) is 0 Å². The second-order valence-electron chi connectivity index (χ2n) is 6.47. The summed E-state index contributed by atoms with van der Waals surface area (Å²) >= 11 is 0. The van der Waals surface area contributed by atoms with Gasteiger partial charge in [-0.2, -0.15) is 17.6 Å². The van der Waals surface area contributed by atoms with Gasteiger partial charge in [0.25, 0.3) is 15.9 Å². The van der Waals surface area contributed by atoms with Crippen LogP contribution in [0.2, 0.25) is 0 Å². The number of hydrogen-bond donors (Lipinski definition) is 1. The summed E-state index contributed by atoms with van der Waals surface area (Å²) in [6.07, 6.45) is -6.14. The summed E-state index contributed by atoms with van der Waals surface area (Å²) < 4.78 is 88.3. The third-order valence-corrected chi connectivity index (χ3v) is 5.58. The summed E-state index contributed by atoms with van der Waals surface area (Å²) in [4.78, 5) is 14.1. The lowest BCUT2D eigenvalue weighted by molar-refractivity contribution is -0.391. The number of benzene rings is 1. The normalized spacial score (nSPS) is 25.6. The van der Waals surface area contributed by atoms with E-state index < -0.39 is 45.7 Å². The van der Waals surface area contributed by atoms with Crippen LogP contribution in [0.4, 0.5) is 17.6 Å². The van der Waals surface area contributed by atoms with Gasteiger partial charge in [0.2, 0.25) is 0 Å². The van der Waals surface area contributed by atoms with Gasteiger partial charge in [0.1, 0.15) is 5.84 Å². The van der Waals surface area contributed by atoms with Gasteiger partial charge in [0, 0.05) is 18.3 Å². The molecule has 29 heavy (non-hydrogen) atoms. The maximum Gasteiger partial charge on any atom is 0.507 e. The molecule has 0 radical (unpaired) electrons. The number of nitrogens with zero attached hydrogens (tertiary/aromatic N) is 2. The van der Waals surface area contributed by atoms with Crippen LogP contribution in [0.25, 0.3) is 0 Å². The average Bonchev–Trinajstić information content (AvgIpc) is 2.61. The Kier molecular flexibility index (Phi) is 4.26. The smallest absolute Gasteiger partial charge is 0.421 e. The lowest BCUT2D eigenvalue weighted by Gasteiger charge is -2.34. The lowest BCUT2D eigenvalue weighted by atomic mass is 10.1. The summed E-state index contributed by atoms with van der Waals surface area (Å²) in [6.45, 7) is 0.178. The Labute approximate surface area is 161 Å². The topological polar surface area (TPSA) is 97.3 Å². The highest BCUT2D eigenvalue weighted by molar-refractivity contribution is 7.90. The maximum absolute atomic E-state index is 13.3. The second kappa shape index (κ2) is 6.34. The van der Waals surface area contributed by atoms with Crippen LogP contribution in [0.3, 0.4) is 0 Å². The average molecular weight is 435 g/mol. The minimum absolute atomic E-state index is 0.135. The highest BCUT2D eigenvalue weighted by Gasteiger charge is 2.66. The molecule has 3 heterocycles. The molecular formula is C16H13F4N3O5S. The summed E-state index contributed by atoms with van der Waals surface area (Å²) in [6, 6.07) is 2.06.